The van der Waals surface area contributed by atoms with Gasteiger partial charge >= 0.3 is 0 Å². The van der Waals surface area contributed by atoms with E-state index in [-0.39, 0.29) is 22.6 Å². The van der Waals surface area contributed by atoms with E-state index in [4.69, 9.17) is 0 Å². The van der Waals surface area contributed by atoms with E-state index in [2.05, 4.69) is 17.2 Å². The molecule has 8 heteroatoms. The van der Waals surface area contributed by atoms with Crippen LogP contribution < -0.4 is 5.32 Å². The van der Waals surface area contributed by atoms with Crippen molar-refractivity contribution in [1.82, 2.24) is 14.6 Å². The summed E-state index contributed by atoms with van der Waals surface area (Å²) >= 11 is 1.30. The monoisotopic (exact) mass is 373 g/mol. The van der Waals surface area contributed by atoms with E-state index < -0.39 is 10.0 Å². The predicted molar refractivity (Wildman–Crippen MR) is 97.6 cm³/mol. The highest BCUT2D eigenvalue weighted by molar-refractivity contribution is 7.99. The number of amides is 1. The summed E-state index contributed by atoms with van der Waals surface area (Å²) in [6.45, 7) is 4.17. The maximum absolute atomic E-state index is 12.0. The standard InChI is InChI=1S/C16H27N3O3S2/c1-5-6-7-8-13(2)18-15(20)12-23-16-10-9-14(11-17-16)24(21,22)19(3)4/h9-11,13H,5-8,12H2,1-4H3,(H,18,20). The third-order valence-electron chi connectivity index (χ3n) is 3.49. The molecule has 0 aliphatic heterocycles. The van der Waals surface area contributed by atoms with E-state index in [1.807, 2.05) is 6.92 Å². The number of nitrogens with one attached hydrogen (secondary N) is 1. The minimum absolute atomic E-state index is 0.0317. The zero-order valence-electron chi connectivity index (χ0n) is 14.8. The van der Waals surface area contributed by atoms with Crippen molar-refractivity contribution in [2.45, 2.75) is 55.5 Å². The fourth-order valence-corrected chi connectivity index (χ4v) is 3.55. The second-order valence-electron chi connectivity index (χ2n) is 5.87. The van der Waals surface area contributed by atoms with Gasteiger partial charge in [-0.25, -0.2) is 17.7 Å². The van der Waals surface area contributed by atoms with Gasteiger partial charge in [0.15, 0.2) is 0 Å². The van der Waals surface area contributed by atoms with Crippen molar-refractivity contribution >= 4 is 27.7 Å². The average molecular weight is 374 g/mol. The smallest absolute Gasteiger partial charge is 0.244 e. The number of thioether (sulfide) groups is 1. The van der Waals surface area contributed by atoms with Crippen LogP contribution in [0.1, 0.15) is 39.5 Å². The Morgan fingerprint density at radius 2 is 2.04 bits per heavy atom. The van der Waals surface area contributed by atoms with Gasteiger partial charge in [0, 0.05) is 26.3 Å². The molecule has 24 heavy (non-hydrogen) atoms. The van der Waals surface area contributed by atoms with Gasteiger partial charge in [-0.2, -0.15) is 0 Å². The van der Waals surface area contributed by atoms with Crippen LogP contribution in [0.3, 0.4) is 0 Å². The third kappa shape index (κ3) is 6.78. The van der Waals surface area contributed by atoms with Crippen molar-refractivity contribution in [2.75, 3.05) is 19.8 Å². The Bertz CT molecular complexity index is 616. The Balaban J connectivity index is 2.46. The van der Waals surface area contributed by atoms with Gasteiger partial charge in [0.25, 0.3) is 0 Å². The van der Waals surface area contributed by atoms with Crippen LogP contribution in [0.2, 0.25) is 0 Å². The molecule has 1 heterocycles. The Hall–Kier alpha value is -1.12. The number of pyridine rings is 1. The van der Waals surface area contributed by atoms with Crippen LogP contribution >= 0.6 is 11.8 Å². The third-order valence-corrected chi connectivity index (χ3v) is 6.23. The highest BCUT2D eigenvalue weighted by atomic mass is 32.2. The summed E-state index contributed by atoms with van der Waals surface area (Å²) in [5.74, 6) is 0.237. The number of nitrogens with zero attached hydrogens (tertiary/aromatic N) is 2. The molecule has 0 saturated heterocycles. The number of carbonyl (C=O) groups excluding carboxylic acids is 1. The zero-order valence-corrected chi connectivity index (χ0v) is 16.4. The topological polar surface area (TPSA) is 79.4 Å². The van der Waals surface area contributed by atoms with Crippen LogP contribution in [0, 0.1) is 0 Å². The van der Waals surface area contributed by atoms with Crippen LogP contribution in [0.5, 0.6) is 0 Å². The molecule has 0 saturated carbocycles. The van der Waals surface area contributed by atoms with Crippen molar-refractivity contribution in [3.8, 4) is 0 Å². The molecule has 0 fully saturated rings. The fourth-order valence-electron chi connectivity index (χ4n) is 2.04. The van der Waals surface area contributed by atoms with Gasteiger partial charge in [-0.3, -0.25) is 4.79 Å². The van der Waals surface area contributed by atoms with Crippen molar-refractivity contribution in [2.24, 2.45) is 0 Å². The molecular formula is C16H27N3O3S2. The Morgan fingerprint density at radius 3 is 2.58 bits per heavy atom. The summed E-state index contributed by atoms with van der Waals surface area (Å²) in [5, 5.41) is 3.60. The maximum Gasteiger partial charge on any atom is 0.244 e. The van der Waals surface area contributed by atoms with Crippen LogP contribution in [0.4, 0.5) is 0 Å². The number of hydrogen-bond acceptors (Lipinski definition) is 5. The maximum atomic E-state index is 12.0. The molecular weight excluding hydrogens is 346 g/mol. The van der Waals surface area contributed by atoms with Gasteiger partial charge in [-0.15, -0.1) is 0 Å². The summed E-state index contributed by atoms with van der Waals surface area (Å²) < 4.78 is 25.1. The predicted octanol–water partition coefficient (Wildman–Crippen LogP) is 2.51. The molecule has 1 atom stereocenters. The molecule has 1 amide bonds. The molecule has 1 N–H and O–H groups in total. The Morgan fingerprint density at radius 1 is 1.33 bits per heavy atom. The van der Waals surface area contributed by atoms with Gasteiger partial charge in [0.05, 0.1) is 10.8 Å². The van der Waals surface area contributed by atoms with Crippen molar-refractivity contribution in [1.29, 1.82) is 0 Å². The molecule has 0 spiro atoms. The van der Waals surface area contributed by atoms with Crippen molar-refractivity contribution in [3.05, 3.63) is 18.3 Å². The summed E-state index contributed by atoms with van der Waals surface area (Å²) in [7, 11) is -0.517. The van der Waals surface area contributed by atoms with Gasteiger partial charge < -0.3 is 5.32 Å². The van der Waals surface area contributed by atoms with Crippen LogP contribution in [-0.4, -0.2) is 49.5 Å². The van der Waals surface area contributed by atoms with E-state index in [0.717, 1.165) is 17.1 Å². The molecule has 6 nitrogen and oxygen atoms in total. The number of aromatic nitrogens is 1. The second-order valence-corrected chi connectivity index (χ2v) is 9.02. The van der Waals surface area contributed by atoms with Gasteiger partial charge in [0.1, 0.15) is 4.90 Å². The minimum Gasteiger partial charge on any atom is -0.353 e. The van der Waals surface area contributed by atoms with Crippen LogP contribution in [0.25, 0.3) is 0 Å². The van der Waals surface area contributed by atoms with E-state index in [9.17, 15) is 13.2 Å². The highest BCUT2D eigenvalue weighted by Gasteiger charge is 2.17. The van der Waals surface area contributed by atoms with Crippen molar-refractivity contribution < 1.29 is 13.2 Å². The average Bonchev–Trinajstić information content (AvgIpc) is 2.53. The molecule has 136 valence electrons. The number of carbonyl (C=O) groups is 1. The zero-order chi connectivity index (χ0) is 18.2. The normalized spacial score (nSPS) is 13.0. The first-order valence-corrected chi connectivity index (χ1v) is 10.5. The molecule has 0 bridgehead atoms. The lowest BCUT2D eigenvalue weighted by Gasteiger charge is -2.13. The quantitative estimate of drug-likeness (QED) is 0.503. The summed E-state index contributed by atoms with van der Waals surface area (Å²) in [6.07, 6.45) is 5.78. The van der Waals surface area contributed by atoms with Gasteiger partial charge in [0.2, 0.25) is 15.9 Å². The number of hydrogen-bond donors (Lipinski definition) is 1. The van der Waals surface area contributed by atoms with E-state index in [1.165, 1.54) is 51.0 Å². The van der Waals surface area contributed by atoms with E-state index >= 15 is 0 Å². The molecule has 0 aliphatic carbocycles. The molecule has 0 aromatic carbocycles. The van der Waals surface area contributed by atoms with Crippen LogP contribution in [-0.2, 0) is 14.8 Å². The molecule has 1 rings (SSSR count). The number of unbranched alkanes of at least 4 members (excludes halogenated alkanes) is 2. The largest absolute Gasteiger partial charge is 0.353 e. The lowest BCUT2D eigenvalue weighted by Crippen LogP contribution is -2.33. The second kappa shape index (κ2) is 10.0. The molecule has 0 radical (unpaired) electrons. The lowest BCUT2D eigenvalue weighted by atomic mass is 10.1. The van der Waals surface area contributed by atoms with Gasteiger partial charge in [-0.05, 0) is 25.5 Å². The first kappa shape index (κ1) is 20.9. The van der Waals surface area contributed by atoms with Crippen LogP contribution in [0.15, 0.2) is 28.3 Å². The van der Waals surface area contributed by atoms with E-state index in [1.54, 1.807) is 6.07 Å². The highest BCUT2D eigenvalue weighted by Crippen LogP contribution is 2.18. The van der Waals surface area contributed by atoms with Gasteiger partial charge in [-0.1, -0.05) is 37.9 Å². The first-order chi connectivity index (χ1) is 11.3. The minimum atomic E-state index is -3.47. The number of rotatable bonds is 10. The summed E-state index contributed by atoms with van der Waals surface area (Å²) in [4.78, 5) is 16.2. The first-order valence-electron chi connectivity index (χ1n) is 8.08. The Labute approximate surface area is 149 Å². The fraction of sp³-hybridized carbons (Fsp3) is 0.625. The molecule has 0 aliphatic rings. The SMILES string of the molecule is CCCCCC(C)NC(=O)CSc1ccc(S(=O)(=O)N(C)C)cn1. The summed E-state index contributed by atoms with van der Waals surface area (Å²) in [6, 6.07) is 3.31. The molecule has 1 aromatic heterocycles. The summed E-state index contributed by atoms with van der Waals surface area (Å²) in [5.41, 5.74) is 0. The molecule has 1 unspecified atom stereocenters. The van der Waals surface area contributed by atoms with E-state index in [0.29, 0.717) is 5.03 Å². The lowest BCUT2D eigenvalue weighted by molar-refractivity contribution is -0.119. The number of sulfonamides is 1. The van der Waals surface area contributed by atoms with Crippen molar-refractivity contribution in [3.63, 3.8) is 0 Å². The Kier molecular flexibility index (Phi) is 8.72. The molecule has 1 aromatic rings.